The van der Waals surface area contributed by atoms with E-state index in [1.165, 1.54) is 36.4 Å². The number of benzene rings is 3. The average Bonchev–Trinajstić information content (AvgIpc) is 3.31. The number of carbonyl (C=O) groups excluding carboxylic acids is 5. The normalized spacial score (nSPS) is 12.7. The van der Waals surface area contributed by atoms with Crippen molar-refractivity contribution < 1.29 is 63.9 Å². The molecule has 396 valence electrons. The maximum atomic E-state index is 12.2. The highest BCUT2D eigenvalue weighted by Gasteiger charge is 2.26. The van der Waals surface area contributed by atoms with Gasteiger partial charge < -0.3 is 47.9 Å². The SMILES string of the molecule is CC(CN)NS(=O)(=O)c1ccccc1.CC(CNC(=O)CNC(=O)CCCNC(=O)OC(C)(C)C)NS(=O)(=O)c1ccccc1.NCCCC(=O)NCC(=O)NCC(NS(=O)(=O)c1ccccc1)C(=O)O. The van der Waals surface area contributed by atoms with E-state index >= 15 is 0 Å². The predicted molar refractivity (Wildman–Crippen MR) is 263 cm³/mol. The molecule has 0 aliphatic carbocycles. The minimum absolute atomic E-state index is 0.0700. The van der Waals surface area contributed by atoms with Crippen molar-refractivity contribution in [3.05, 3.63) is 91.0 Å². The van der Waals surface area contributed by atoms with Gasteiger partial charge in [0.05, 0.1) is 27.8 Å². The number of sulfonamides is 3. The molecule has 3 rings (SSSR count). The van der Waals surface area contributed by atoms with E-state index in [4.69, 9.17) is 21.3 Å². The lowest BCUT2D eigenvalue weighted by atomic mass is 10.2. The van der Waals surface area contributed by atoms with Crippen LogP contribution < -0.4 is 52.2 Å². The van der Waals surface area contributed by atoms with Crippen LogP contribution in [0.3, 0.4) is 0 Å². The molecule has 5 amide bonds. The van der Waals surface area contributed by atoms with Crippen molar-refractivity contribution in [2.24, 2.45) is 11.5 Å². The molecule has 3 atom stereocenters. The zero-order valence-corrected chi connectivity index (χ0v) is 42.8. The largest absolute Gasteiger partial charge is 0.480 e. The Labute approximate surface area is 415 Å². The fraction of sp³-hybridized carbons (Fsp3) is 0.455. The summed E-state index contributed by atoms with van der Waals surface area (Å²) in [7, 11) is -11.1. The van der Waals surface area contributed by atoms with Crippen LogP contribution in [0.4, 0.5) is 4.79 Å². The number of hydrogen-bond acceptors (Lipinski definition) is 15. The third-order valence-corrected chi connectivity index (χ3v) is 13.4. The maximum Gasteiger partial charge on any atom is 0.407 e. The van der Waals surface area contributed by atoms with Gasteiger partial charge in [0.25, 0.3) is 0 Å². The lowest BCUT2D eigenvalue weighted by Crippen LogP contribution is -2.49. The Balaban J connectivity index is 0.000000567. The van der Waals surface area contributed by atoms with Gasteiger partial charge in [0.15, 0.2) is 0 Å². The number of ether oxygens (including phenoxy) is 1. The van der Waals surface area contributed by atoms with Crippen molar-refractivity contribution >= 4 is 65.8 Å². The monoisotopic (exact) mass is 1060 g/mol. The Bertz CT molecular complexity index is 2470. The van der Waals surface area contributed by atoms with E-state index in [9.17, 15) is 54.0 Å². The summed E-state index contributed by atoms with van der Waals surface area (Å²) in [6.07, 6.45) is 0.638. The molecule has 0 saturated heterocycles. The highest BCUT2D eigenvalue weighted by molar-refractivity contribution is 7.90. The topological polar surface area (TPSA) is 383 Å². The van der Waals surface area contributed by atoms with Crippen molar-refractivity contribution in [2.75, 3.05) is 45.8 Å². The van der Waals surface area contributed by atoms with E-state index in [0.717, 1.165) is 0 Å². The van der Waals surface area contributed by atoms with Crippen LogP contribution >= 0.6 is 0 Å². The van der Waals surface area contributed by atoms with Crippen LogP contribution in [0.1, 0.15) is 60.3 Å². The summed E-state index contributed by atoms with van der Waals surface area (Å²) in [4.78, 5) is 69.7. The molecule has 0 aromatic heterocycles. The zero-order valence-electron chi connectivity index (χ0n) is 40.3. The summed E-state index contributed by atoms with van der Waals surface area (Å²) >= 11 is 0. The lowest BCUT2D eigenvalue weighted by molar-refractivity contribution is -0.139. The highest BCUT2D eigenvalue weighted by Crippen LogP contribution is 2.10. The van der Waals surface area contributed by atoms with Crippen LogP contribution in [0.15, 0.2) is 106 Å². The molecule has 0 spiro atoms. The minimum Gasteiger partial charge on any atom is -0.480 e. The van der Waals surface area contributed by atoms with Gasteiger partial charge in [-0.2, -0.15) is 4.72 Å². The van der Waals surface area contributed by atoms with E-state index < -0.39 is 78.2 Å². The first kappa shape index (κ1) is 62.9. The highest BCUT2D eigenvalue weighted by atomic mass is 32.2. The summed E-state index contributed by atoms with van der Waals surface area (Å²) in [5.41, 5.74) is 10.0. The second-order valence-corrected chi connectivity index (χ2v) is 21.5. The number of carboxylic acid groups (broad SMARTS) is 1. The van der Waals surface area contributed by atoms with Gasteiger partial charge >= 0.3 is 12.1 Å². The lowest BCUT2D eigenvalue weighted by Gasteiger charge is -2.19. The standard InChI is InChI=1S/C20H32N4O6S.C15H22N4O6S.C9H14N2O2S/c1-15(24-31(28,29)16-9-6-5-7-10-16)13-22-18(26)14-23-17(25)11-8-12-21-19(27)30-20(2,3)4;16-8-4-7-13(20)18-10-14(21)17-9-12(15(22)23)19-26(24,25)11-5-2-1-3-6-11;1-8(7-10)11-14(12,13)9-5-3-2-4-6-9/h5-7,9-10,15,24H,8,11-14H2,1-4H3,(H,21,27)(H,22,26)(H,23,25);1-3,5-6,12,19H,4,7-10,16H2,(H,17,21)(H,18,20)(H,22,23);2-6,8,11H,7,10H2,1H3. The Hall–Kier alpha value is -6.07. The second kappa shape index (κ2) is 32.0. The van der Waals surface area contributed by atoms with Crippen LogP contribution in [-0.4, -0.2) is 136 Å². The van der Waals surface area contributed by atoms with Crippen molar-refractivity contribution in [2.45, 2.75) is 98.7 Å². The van der Waals surface area contributed by atoms with Gasteiger partial charge in [-0.05, 0) is 90.4 Å². The molecule has 3 unspecified atom stereocenters. The van der Waals surface area contributed by atoms with E-state index in [-0.39, 0.29) is 78.1 Å². The first-order valence-electron chi connectivity index (χ1n) is 22.1. The molecule has 3 aromatic rings. The molecule has 3 aromatic carbocycles. The van der Waals surface area contributed by atoms with Crippen molar-refractivity contribution in [3.8, 4) is 0 Å². The summed E-state index contributed by atoms with van der Waals surface area (Å²) < 4.78 is 84.1. The summed E-state index contributed by atoms with van der Waals surface area (Å²) in [5.74, 6) is -3.22. The molecule has 27 heteroatoms. The summed E-state index contributed by atoms with van der Waals surface area (Å²) in [6.45, 7) is 8.54. The molecular weight excluding hydrogens is 989 g/mol. The number of rotatable bonds is 26. The van der Waals surface area contributed by atoms with Gasteiger partial charge in [-0.1, -0.05) is 54.6 Å². The number of aliphatic carboxylic acids is 1. The van der Waals surface area contributed by atoms with Gasteiger partial charge in [0.2, 0.25) is 53.7 Å². The maximum absolute atomic E-state index is 12.2. The van der Waals surface area contributed by atoms with Gasteiger partial charge in [0, 0.05) is 51.1 Å². The molecule has 0 radical (unpaired) electrons. The molecule has 0 heterocycles. The molecule has 0 bridgehead atoms. The van der Waals surface area contributed by atoms with Crippen molar-refractivity contribution in [1.29, 1.82) is 0 Å². The van der Waals surface area contributed by atoms with Crippen LogP contribution in [-0.2, 0) is 58.8 Å². The third-order valence-electron chi connectivity index (χ3n) is 8.68. The number of nitrogens with one attached hydrogen (secondary N) is 8. The molecular formula is C44H68N10O14S3. The average molecular weight is 1060 g/mol. The Kier molecular flexibility index (Phi) is 28.4. The van der Waals surface area contributed by atoms with Crippen LogP contribution in [0, 0.1) is 0 Å². The quantitative estimate of drug-likeness (QED) is 0.0455. The van der Waals surface area contributed by atoms with E-state index in [1.807, 2.05) is 4.72 Å². The molecule has 0 fully saturated rings. The predicted octanol–water partition coefficient (Wildman–Crippen LogP) is -0.408. The van der Waals surface area contributed by atoms with E-state index in [1.54, 1.807) is 89.2 Å². The Morgan fingerprint density at radius 2 is 0.944 bits per heavy atom. The summed E-state index contributed by atoms with van der Waals surface area (Å²) in [5, 5.41) is 21.3. The number of nitrogens with two attached hydrogens (primary N) is 2. The molecule has 13 N–H and O–H groups in total. The third kappa shape index (κ3) is 28.4. The van der Waals surface area contributed by atoms with E-state index in [2.05, 4.69) is 36.0 Å². The number of carbonyl (C=O) groups is 6. The molecule has 0 saturated carbocycles. The van der Waals surface area contributed by atoms with Gasteiger partial charge in [-0.15, -0.1) is 0 Å². The van der Waals surface area contributed by atoms with Crippen LogP contribution in [0.5, 0.6) is 0 Å². The molecule has 24 nitrogen and oxygen atoms in total. The van der Waals surface area contributed by atoms with Gasteiger partial charge in [0.1, 0.15) is 11.6 Å². The van der Waals surface area contributed by atoms with Crippen LogP contribution in [0.2, 0.25) is 0 Å². The van der Waals surface area contributed by atoms with Crippen LogP contribution in [0.25, 0.3) is 0 Å². The van der Waals surface area contributed by atoms with Gasteiger partial charge in [-0.25, -0.2) is 39.5 Å². The smallest absolute Gasteiger partial charge is 0.407 e. The van der Waals surface area contributed by atoms with Gasteiger partial charge in [-0.3, -0.25) is 24.0 Å². The van der Waals surface area contributed by atoms with Crippen molar-refractivity contribution in [1.82, 2.24) is 40.8 Å². The Morgan fingerprint density at radius 1 is 0.549 bits per heavy atom. The fourth-order valence-corrected chi connectivity index (χ4v) is 8.90. The first-order valence-corrected chi connectivity index (χ1v) is 26.5. The number of hydrogen-bond donors (Lipinski definition) is 11. The number of carboxylic acids is 1. The zero-order chi connectivity index (χ0) is 53.7. The minimum atomic E-state index is -4.05. The number of alkyl carbamates (subject to hydrolysis) is 1. The molecule has 71 heavy (non-hydrogen) atoms. The molecule has 0 aliphatic heterocycles. The molecule has 0 aliphatic rings. The van der Waals surface area contributed by atoms with E-state index in [0.29, 0.717) is 19.4 Å². The second-order valence-electron chi connectivity index (χ2n) is 16.3. The summed E-state index contributed by atoms with van der Waals surface area (Å²) in [6, 6.07) is 21.1. The van der Waals surface area contributed by atoms with Crippen molar-refractivity contribution in [3.63, 3.8) is 0 Å². The number of amides is 5. The first-order chi connectivity index (χ1) is 33.2. The Morgan fingerprint density at radius 3 is 1.34 bits per heavy atom. The fourth-order valence-electron chi connectivity index (χ4n) is 5.15.